The molecule has 2 aliphatic carbocycles. The molecule has 0 bridgehead atoms. The first-order valence-corrected chi connectivity index (χ1v) is 12.3. The molecule has 4 nitrogen and oxygen atoms in total. The van der Waals surface area contributed by atoms with Gasteiger partial charge in [0.05, 0.1) is 11.0 Å². The van der Waals surface area contributed by atoms with Crippen molar-refractivity contribution in [2.45, 2.75) is 76.3 Å². The molecule has 2 aromatic carbocycles. The Bertz CT molecular complexity index is 1130. The molecule has 0 saturated heterocycles. The number of para-hydroxylation sites is 2. The highest BCUT2D eigenvalue weighted by atomic mass is 19.2. The van der Waals surface area contributed by atoms with Gasteiger partial charge in [0.15, 0.2) is 11.6 Å². The molecule has 1 heterocycles. The molecule has 1 aromatic heterocycles. The lowest BCUT2D eigenvalue weighted by Crippen LogP contribution is -2.43. The van der Waals surface area contributed by atoms with E-state index in [1.165, 1.54) is 18.9 Å². The van der Waals surface area contributed by atoms with E-state index < -0.39 is 17.7 Å². The van der Waals surface area contributed by atoms with Crippen LogP contribution in [0, 0.1) is 17.6 Å². The second-order valence-corrected chi connectivity index (χ2v) is 9.61. The molecule has 2 aliphatic rings. The second kappa shape index (κ2) is 9.62. The van der Waals surface area contributed by atoms with E-state index in [4.69, 9.17) is 4.98 Å². The van der Waals surface area contributed by atoms with Crippen molar-refractivity contribution in [3.05, 3.63) is 54.1 Å². The maximum atomic E-state index is 14.2. The topological polar surface area (TPSA) is 46.9 Å². The number of carbonyl (C=O) groups is 1. The summed E-state index contributed by atoms with van der Waals surface area (Å²) in [6, 6.07) is 11.4. The average Bonchev–Trinajstić information content (AvgIpc) is 3.22. The average molecular weight is 452 g/mol. The van der Waals surface area contributed by atoms with Crippen molar-refractivity contribution in [3.8, 4) is 11.4 Å². The molecule has 33 heavy (non-hydrogen) atoms. The molecule has 1 amide bonds. The van der Waals surface area contributed by atoms with Crippen LogP contribution in [0.25, 0.3) is 22.4 Å². The number of rotatable bonds is 5. The molecular weight excluding hydrogens is 420 g/mol. The summed E-state index contributed by atoms with van der Waals surface area (Å²) in [6.45, 7) is 0. The Morgan fingerprint density at radius 3 is 2.33 bits per heavy atom. The summed E-state index contributed by atoms with van der Waals surface area (Å²) in [7, 11) is 0. The molecular formula is C27H31F2N3O. The number of nitrogens with one attached hydrogen (secondary N) is 1. The Labute approximate surface area is 193 Å². The Balaban J connectivity index is 1.62. The Morgan fingerprint density at radius 1 is 0.909 bits per heavy atom. The van der Waals surface area contributed by atoms with Gasteiger partial charge in [-0.3, -0.25) is 4.79 Å². The number of halogens is 2. The van der Waals surface area contributed by atoms with Gasteiger partial charge in [0.1, 0.15) is 11.9 Å². The molecule has 3 aromatic rings. The molecule has 1 atom stereocenters. The quantitative estimate of drug-likeness (QED) is 0.478. The van der Waals surface area contributed by atoms with Gasteiger partial charge in [0.25, 0.3) is 0 Å². The smallest absolute Gasteiger partial charge is 0.243 e. The van der Waals surface area contributed by atoms with Crippen LogP contribution in [-0.2, 0) is 4.79 Å². The predicted molar refractivity (Wildman–Crippen MR) is 126 cm³/mol. The molecule has 2 fully saturated rings. The van der Waals surface area contributed by atoms with Crippen LogP contribution in [0.15, 0.2) is 42.5 Å². The van der Waals surface area contributed by atoms with Gasteiger partial charge in [-0.25, -0.2) is 13.8 Å². The van der Waals surface area contributed by atoms with Gasteiger partial charge in [-0.15, -0.1) is 0 Å². The van der Waals surface area contributed by atoms with Gasteiger partial charge in [0, 0.05) is 11.6 Å². The molecule has 6 heteroatoms. The summed E-state index contributed by atoms with van der Waals surface area (Å²) in [5.74, 6) is -1.07. The highest BCUT2D eigenvalue weighted by molar-refractivity contribution is 5.87. The van der Waals surface area contributed by atoms with E-state index in [0.717, 1.165) is 68.5 Å². The number of benzene rings is 2. The van der Waals surface area contributed by atoms with Crippen LogP contribution in [0.3, 0.4) is 0 Å². The van der Waals surface area contributed by atoms with Crippen molar-refractivity contribution in [2.24, 2.45) is 5.92 Å². The highest BCUT2D eigenvalue weighted by Gasteiger charge is 2.35. The molecule has 0 spiro atoms. The fourth-order valence-electron chi connectivity index (χ4n) is 5.69. The van der Waals surface area contributed by atoms with Crippen LogP contribution < -0.4 is 5.32 Å². The molecule has 2 saturated carbocycles. The molecule has 0 radical (unpaired) electrons. The summed E-state index contributed by atoms with van der Waals surface area (Å²) >= 11 is 0. The van der Waals surface area contributed by atoms with E-state index in [1.807, 2.05) is 28.8 Å². The number of aromatic nitrogens is 2. The van der Waals surface area contributed by atoms with Gasteiger partial charge >= 0.3 is 0 Å². The third-order valence-corrected chi connectivity index (χ3v) is 7.37. The largest absolute Gasteiger partial charge is 0.352 e. The van der Waals surface area contributed by atoms with Crippen molar-refractivity contribution in [1.29, 1.82) is 0 Å². The Hall–Kier alpha value is -2.76. The van der Waals surface area contributed by atoms with Crippen molar-refractivity contribution < 1.29 is 13.6 Å². The Kier molecular flexibility index (Phi) is 6.43. The van der Waals surface area contributed by atoms with E-state index in [9.17, 15) is 13.6 Å². The van der Waals surface area contributed by atoms with E-state index in [2.05, 4.69) is 5.32 Å². The zero-order valence-electron chi connectivity index (χ0n) is 18.9. The van der Waals surface area contributed by atoms with E-state index >= 15 is 0 Å². The first-order chi connectivity index (χ1) is 16.1. The summed E-state index contributed by atoms with van der Waals surface area (Å²) in [5, 5.41) is 3.35. The standard InChI is InChI=1S/C27H31F2N3O/c28-21-16-15-19(17-22(21)29)26-31-23-13-7-8-14-24(23)32(26)25(18-9-3-1-4-10-18)27(33)30-20-11-5-2-6-12-20/h7-8,13-18,20,25H,1-6,9-12H2,(H,30,33)/t25-/m1/s1. The molecule has 174 valence electrons. The van der Waals surface area contributed by atoms with Gasteiger partial charge in [-0.05, 0) is 61.9 Å². The monoisotopic (exact) mass is 451 g/mol. The molecule has 1 N–H and O–H groups in total. The third kappa shape index (κ3) is 4.53. The summed E-state index contributed by atoms with van der Waals surface area (Å²) < 4.78 is 29.9. The summed E-state index contributed by atoms with van der Waals surface area (Å²) in [5.41, 5.74) is 2.09. The fraction of sp³-hybridized carbons (Fsp3) is 0.481. The van der Waals surface area contributed by atoms with E-state index in [-0.39, 0.29) is 17.9 Å². The van der Waals surface area contributed by atoms with Gasteiger partial charge in [-0.2, -0.15) is 0 Å². The van der Waals surface area contributed by atoms with Crippen LogP contribution in [0.2, 0.25) is 0 Å². The van der Waals surface area contributed by atoms with Crippen LogP contribution >= 0.6 is 0 Å². The number of fused-ring (bicyclic) bond motifs is 1. The minimum Gasteiger partial charge on any atom is -0.352 e. The van der Waals surface area contributed by atoms with Crippen molar-refractivity contribution in [1.82, 2.24) is 14.9 Å². The highest BCUT2D eigenvalue weighted by Crippen LogP contribution is 2.38. The van der Waals surface area contributed by atoms with Crippen LogP contribution in [-0.4, -0.2) is 21.5 Å². The Morgan fingerprint density at radius 2 is 1.61 bits per heavy atom. The number of carbonyl (C=O) groups excluding carboxylic acids is 1. The van der Waals surface area contributed by atoms with Crippen LogP contribution in [0.4, 0.5) is 8.78 Å². The molecule has 5 rings (SSSR count). The number of imidazole rings is 1. The maximum Gasteiger partial charge on any atom is 0.243 e. The van der Waals surface area contributed by atoms with E-state index in [1.54, 1.807) is 6.07 Å². The second-order valence-electron chi connectivity index (χ2n) is 9.61. The first kappa shape index (κ1) is 22.1. The van der Waals surface area contributed by atoms with E-state index in [0.29, 0.717) is 11.4 Å². The molecule has 0 unspecified atom stereocenters. The number of hydrogen-bond acceptors (Lipinski definition) is 2. The first-order valence-electron chi connectivity index (χ1n) is 12.3. The number of amides is 1. The van der Waals surface area contributed by atoms with Gasteiger partial charge < -0.3 is 9.88 Å². The number of nitrogens with zero attached hydrogens (tertiary/aromatic N) is 2. The van der Waals surface area contributed by atoms with Gasteiger partial charge in [-0.1, -0.05) is 50.7 Å². The predicted octanol–water partition coefficient (Wildman–Crippen LogP) is 6.55. The van der Waals surface area contributed by atoms with Crippen molar-refractivity contribution in [2.75, 3.05) is 0 Å². The van der Waals surface area contributed by atoms with Crippen molar-refractivity contribution >= 4 is 16.9 Å². The SMILES string of the molecule is O=C(NC1CCCCC1)[C@@H](C1CCCCC1)n1c(-c2ccc(F)c(F)c2)nc2ccccc21. The lowest BCUT2D eigenvalue weighted by molar-refractivity contribution is -0.127. The summed E-state index contributed by atoms with van der Waals surface area (Å²) in [4.78, 5) is 18.7. The van der Waals surface area contributed by atoms with Crippen LogP contribution in [0.1, 0.15) is 70.3 Å². The van der Waals surface area contributed by atoms with Gasteiger partial charge in [0.2, 0.25) is 5.91 Å². The van der Waals surface area contributed by atoms with Crippen LogP contribution in [0.5, 0.6) is 0 Å². The molecule has 0 aliphatic heterocycles. The lowest BCUT2D eigenvalue weighted by Gasteiger charge is -2.33. The minimum atomic E-state index is -0.910. The zero-order chi connectivity index (χ0) is 22.8. The maximum absolute atomic E-state index is 14.2. The zero-order valence-corrected chi connectivity index (χ0v) is 18.9. The summed E-state index contributed by atoms with van der Waals surface area (Å²) in [6.07, 6.45) is 10.9. The lowest BCUT2D eigenvalue weighted by atomic mass is 9.82. The van der Waals surface area contributed by atoms with Crippen molar-refractivity contribution in [3.63, 3.8) is 0 Å². The normalized spacial score (nSPS) is 19.0. The number of hydrogen-bond donors (Lipinski definition) is 1. The minimum absolute atomic E-state index is 0.0285. The fourth-order valence-corrected chi connectivity index (χ4v) is 5.69. The third-order valence-electron chi connectivity index (χ3n) is 7.37.